The third-order valence-corrected chi connectivity index (χ3v) is 3.28. The van der Waals surface area contributed by atoms with Crippen LogP contribution in [0.1, 0.15) is 26.2 Å². The molecular formula is C12H20F3NO3. The zero-order valence-corrected chi connectivity index (χ0v) is 10.9. The summed E-state index contributed by atoms with van der Waals surface area (Å²) in [7, 11) is 0. The molecule has 0 aromatic heterocycles. The van der Waals surface area contributed by atoms with Gasteiger partial charge in [0, 0.05) is 19.2 Å². The second-order valence-electron chi connectivity index (χ2n) is 4.94. The highest BCUT2D eigenvalue weighted by Crippen LogP contribution is 2.22. The first kappa shape index (κ1) is 16.2. The van der Waals surface area contributed by atoms with E-state index in [4.69, 9.17) is 5.11 Å². The molecule has 0 aliphatic carbocycles. The largest absolute Gasteiger partial charge is 0.411 e. The second kappa shape index (κ2) is 7.09. The smallest absolute Gasteiger partial charge is 0.396 e. The predicted octanol–water partition coefficient (Wildman–Crippen LogP) is 1.57. The van der Waals surface area contributed by atoms with E-state index in [-0.39, 0.29) is 37.5 Å². The van der Waals surface area contributed by atoms with E-state index in [1.54, 1.807) is 4.90 Å². The number of aliphatic hydroxyl groups is 1. The zero-order chi connectivity index (χ0) is 14.5. The van der Waals surface area contributed by atoms with Crippen LogP contribution in [0, 0.1) is 5.92 Å². The second-order valence-corrected chi connectivity index (χ2v) is 4.94. The molecule has 7 heteroatoms. The molecule has 2 atom stereocenters. The van der Waals surface area contributed by atoms with Crippen molar-refractivity contribution in [1.82, 2.24) is 4.90 Å². The third kappa shape index (κ3) is 5.78. The Morgan fingerprint density at radius 3 is 2.68 bits per heavy atom. The monoisotopic (exact) mass is 283 g/mol. The molecule has 4 nitrogen and oxygen atoms in total. The normalized spacial score (nSPS) is 24.6. The van der Waals surface area contributed by atoms with Crippen molar-refractivity contribution < 1.29 is 27.8 Å². The molecule has 1 N–H and O–H groups in total. The number of nitrogens with zero attached hydrogens (tertiary/aromatic N) is 1. The highest BCUT2D eigenvalue weighted by Gasteiger charge is 2.29. The molecule has 1 heterocycles. The molecule has 0 bridgehead atoms. The van der Waals surface area contributed by atoms with Crippen molar-refractivity contribution in [3.8, 4) is 0 Å². The number of alkyl halides is 3. The van der Waals surface area contributed by atoms with E-state index < -0.39 is 12.8 Å². The van der Waals surface area contributed by atoms with Crippen LogP contribution >= 0.6 is 0 Å². The van der Waals surface area contributed by atoms with Crippen molar-refractivity contribution in [3.63, 3.8) is 0 Å². The van der Waals surface area contributed by atoms with E-state index in [9.17, 15) is 18.0 Å². The Morgan fingerprint density at radius 2 is 2.11 bits per heavy atom. The Hall–Kier alpha value is -0.820. The number of amides is 1. The number of halogens is 3. The SMILES string of the molecule is CC1CCC(CO)CN1C(=O)CCOCC(F)(F)F. The maximum atomic E-state index is 11.9. The molecule has 0 saturated carbocycles. The maximum Gasteiger partial charge on any atom is 0.411 e. The van der Waals surface area contributed by atoms with Crippen molar-refractivity contribution in [2.45, 2.75) is 38.4 Å². The minimum absolute atomic E-state index is 0.0288. The number of rotatable bonds is 5. The van der Waals surface area contributed by atoms with Gasteiger partial charge in [-0.25, -0.2) is 0 Å². The molecule has 1 fully saturated rings. The van der Waals surface area contributed by atoms with Gasteiger partial charge in [-0.2, -0.15) is 13.2 Å². The van der Waals surface area contributed by atoms with Gasteiger partial charge in [-0.15, -0.1) is 0 Å². The Bertz CT molecular complexity index is 296. The first-order chi connectivity index (χ1) is 8.83. The lowest BCUT2D eigenvalue weighted by molar-refractivity contribution is -0.175. The van der Waals surface area contributed by atoms with Crippen LogP contribution in [0.3, 0.4) is 0 Å². The Kier molecular flexibility index (Phi) is 6.06. The molecule has 0 spiro atoms. The minimum Gasteiger partial charge on any atom is -0.396 e. The minimum atomic E-state index is -4.36. The van der Waals surface area contributed by atoms with Gasteiger partial charge < -0.3 is 14.7 Å². The van der Waals surface area contributed by atoms with Gasteiger partial charge in [-0.05, 0) is 25.7 Å². The van der Waals surface area contributed by atoms with E-state index in [1.165, 1.54) is 0 Å². The maximum absolute atomic E-state index is 11.9. The molecule has 1 aliphatic heterocycles. The first-order valence-corrected chi connectivity index (χ1v) is 6.38. The molecule has 112 valence electrons. The summed E-state index contributed by atoms with van der Waals surface area (Å²) < 4.78 is 40.0. The lowest BCUT2D eigenvalue weighted by atomic mass is 9.94. The van der Waals surface area contributed by atoms with Crippen LogP contribution in [0.2, 0.25) is 0 Å². The van der Waals surface area contributed by atoms with Crippen LogP contribution in [-0.4, -0.2) is 54.5 Å². The fourth-order valence-corrected chi connectivity index (χ4v) is 2.17. The molecule has 2 unspecified atom stereocenters. The van der Waals surface area contributed by atoms with E-state index >= 15 is 0 Å². The number of likely N-dealkylation sites (tertiary alicyclic amines) is 1. The summed E-state index contributed by atoms with van der Waals surface area (Å²) in [5.41, 5.74) is 0. The molecule has 1 saturated heterocycles. The summed E-state index contributed by atoms with van der Waals surface area (Å²) in [5.74, 6) is -0.149. The quantitative estimate of drug-likeness (QED) is 0.779. The van der Waals surface area contributed by atoms with Crippen LogP contribution < -0.4 is 0 Å². The molecule has 0 aromatic carbocycles. The van der Waals surface area contributed by atoms with Crippen LogP contribution in [-0.2, 0) is 9.53 Å². The van der Waals surface area contributed by atoms with Gasteiger partial charge in [0.1, 0.15) is 6.61 Å². The van der Waals surface area contributed by atoms with Crippen molar-refractivity contribution >= 4 is 5.91 Å². The highest BCUT2D eigenvalue weighted by atomic mass is 19.4. The average Bonchev–Trinajstić information content (AvgIpc) is 2.34. The lowest BCUT2D eigenvalue weighted by Crippen LogP contribution is -2.46. The van der Waals surface area contributed by atoms with Crippen LogP contribution in [0.5, 0.6) is 0 Å². The number of aliphatic hydroxyl groups excluding tert-OH is 1. The molecule has 1 aliphatic rings. The first-order valence-electron chi connectivity index (χ1n) is 6.38. The number of piperidine rings is 1. The van der Waals surface area contributed by atoms with Crippen molar-refractivity contribution in [1.29, 1.82) is 0 Å². The summed E-state index contributed by atoms with van der Waals surface area (Å²) in [4.78, 5) is 13.5. The summed E-state index contributed by atoms with van der Waals surface area (Å²) in [6, 6.07) is 0.0675. The number of ether oxygens (including phenoxy) is 1. The Labute approximate surface area is 110 Å². The van der Waals surface area contributed by atoms with Gasteiger partial charge in [0.15, 0.2) is 0 Å². The van der Waals surface area contributed by atoms with Gasteiger partial charge in [0.2, 0.25) is 5.91 Å². The summed E-state index contributed by atoms with van der Waals surface area (Å²) in [6.45, 7) is 0.847. The van der Waals surface area contributed by atoms with E-state index in [0.29, 0.717) is 6.54 Å². The van der Waals surface area contributed by atoms with Crippen LogP contribution in [0.25, 0.3) is 0 Å². The third-order valence-electron chi connectivity index (χ3n) is 3.28. The molecule has 0 aromatic rings. The average molecular weight is 283 g/mol. The number of carbonyl (C=O) groups excluding carboxylic acids is 1. The topological polar surface area (TPSA) is 49.8 Å². The molecule has 0 radical (unpaired) electrons. The van der Waals surface area contributed by atoms with Gasteiger partial charge in [-0.1, -0.05) is 0 Å². The fourth-order valence-electron chi connectivity index (χ4n) is 2.17. The highest BCUT2D eigenvalue weighted by molar-refractivity contribution is 5.76. The Balaban J connectivity index is 2.31. The standard InChI is InChI=1S/C12H20F3NO3/c1-9-2-3-10(7-17)6-16(9)11(18)4-5-19-8-12(13,14)15/h9-10,17H,2-8H2,1H3. The molecule has 1 rings (SSSR count). The summed E-state index contributed by atoms with van der Waals surface area (Å²) in [6.07, 6.45) is -2.74. The predicted molar refractivity (Wildman–Crippen MR) is 62.5 cm³/mol. The van der Waals surface area contributed by atoms with Crippen molar-refractivity contribution in [2.75, 3.05) is 26.4 Å². The van der Waals surface area contributed by atoms with Gasteiger partial charge >= 0.3 is 6.18 Å². The van der Waals surface area contributed by atoms with E-state index in [2.05, 4.69) is 4.74 Å². The van der Waals surface area contributed by atoms with Gasteiger partial charge in [0.25, 0.3) is 0 Å². The lowest BCUT2D eigenvalue weighted by Gasteiger charge is -2.37. The van der Waals surface area contributed by atoms with Crippen LogP contribution in [0.15, 0.2) is 0 Å². The van der Waals surface area contributed by atoms with Crippen molar-refractivity contribution in [2.24, 2.45) is 5.92 Å². The molecular weight excluding hydrogens is 263 g/mol. The number of hydrogen-bond acceptors (Lipinski definition) is 3. The van der Waals surface area contributed by atoms with Gasteiger partial charge in [0.05, 0.1) is 13.0 Å². The van der Waals surface area contributed by atoms with Gasteiger partial charge in [-0.3, -0.25) is 4.79 Å². The van der Waals surface area contributed by atoms with Crippen LogP contribution in [0.4, 0.5) is 13.2 Å². The molecule has 19 heavy (non-hydrogen) atoms. The van der Waals surface area contributed by atoms with E-state index in [1.807, 2.05) is 6.92 Å². The van der Waals surface area contributed by atoms with Crippen molar-refractivity contribution in [3.05, 3.63) is 0 Å². The van der Waals surface area contributed by atoms with E-state index in [0.717, 1.165) is 12.8 Å². The summed E-state index contributed by atoms with van der Waals surface area (Å²) >= 11 is 0. The molecule has 1 amide bonds. The zero-order valence-electron chi connectivity index (χ0n) is 10.9. The Morgan fingerprint density at radius 1 is 1.42 bits per heavy atom. The number of hydrogen-bond donors (Lipinski definition) is 1. The summed E-state index contributed by atoms with van der Waals surface area (Å²) in [5, 5.41) is 9.09. The number of carbonyl (C=O) groups is 1. The fraction of sp³-hybridized carbons (Fsp3) is 0.917.